The van der Waals surface area contributed by atoms with Crippen molar-refractivity contribution in [3.8, 4) is 0 Å². The third-order valence-electron chi connectivity index (χ3n) is 3.68. The minimum atomic E-state index is 0.770. The van der Waals surface area contributed by atoms with E-state index in [1.54, 1.807) is 0 Å². The van der Waals surface area contributed by atoms with Crippen LogP contribution >= 0.6 is 0 Å². The van der Waals surface area contributed by atoms with Gasteiger partial charge in [-0.25, -0.2) is 0 Å². The molecule has 0 amide bonds. The van der Waals surface area contributed by atoms with Gasteiger partial charge in [-0.3, -0.25) is 0 Å². The minimum Gasteiger partial charge on any atom is -0.300 e. The molecule has 1 nitrogen and oxygen atoms in total. The number of hydrogen-bond donors (Lipinski definition) is 0. The Labute approximate surface area is 76.1 Å². The quantitative estimate of drug-likeness (QED) is 0.580. The topological polar surface area (TPSA) is 3.24 Å². The van der Waals surface area contributed by atoms with Gasteiger partial charge in [0.15, 0.2) is 0 Å². The van der Waals surface area contributed by atoms with Gasteiger partial charge in [-0.2, -0.15) is 0 Å². The summed E-state index contributed by atoms with van der Waals surface area (Å²) in [5.41, 5.74) is 0. The second-order valence-corrected chi connectivity index (χ2v) is 4.93. The van der Waals surface area contributed by atoms with Crippen LogP contribution in [0.5, 0.6) is 0 Å². The first-order valence-electron chi connectivity index (χ1n) is 5.49. The molecule has 3 fully saturated rings. The molecule has 2 aliphatic heterocycles. The second-order valence-electron chi connectivity index (χ2n) is 4.93. The molecule has 1 heteroatoms. The van der Waals surface area contributed by atoms with Gasteiger partial charge >= 0.3 is 0 Å². The summed E-state index contributed by atoms with van der Waals surface area (Å²) in [5.74, 6) is 2.07. The van der Waals surface area contributed by atoms with Crippen molar-refractivity contribution in [1.29, 1.82) is 0 Å². The largest absolute Gasteiger partial charge is 0.300 e. The van der Waals surface area contributed by atoms with E-state index in [0.29, 0.717) is 0 Å². The van der Waals surface area contributed by atoms with Crippen LogP contribution in [-0.2, 0) is 0 Å². The molecule has 0 N–H and O–H groups in total. The summed E-state index contributed by atoms with van der Waals surface area (Å²) in [6, 6.07) is 0.770. The molecule has 12 heavy (non-hydrogen) atoms. The average Bonchev–Trinajstić information content (AvgIpc) is 2.36. The molecule has 0 radical (unpaired) electrons. The molecule has 0 atom stereocenters. The smallest absolute Gasteiger partial charge is 0.00388 e. The van der Waals surface area contributed by atoms with E-state index in [1.807, 2.05) is 0 Å². The molecule has 0 aromatic rings. The van der Waals surface area contributed by atoms with Gasteiger partial charge in [0.2, 0.25) is 0 Å². The molecule has 0 aromatic heterocycles. The first-order chi connectivity index (χ1) is 5.75. The number of fused-ring (bicyclic) bond motifs is 4. The molecule has 70 valence electrons. The normalized spacial score (nSPS) is 37.2. The van der Waals surface area contributed by atoms with E-state index in [4.69, 9.17) is 0 Å². The summed E-state index contributed by atoms with van der Waals surface area (Å²) >= 11 is 0. The maximum atomic E-state index is 2.69. The summed E-state index contributed by atoms with van der Waals surface area (Å²) in [7, 11) is 0. The lowest BCUT2D eigenvalue weighted by Gasteiger charge is -2.26. The van der Waals surface area contributed by atoms with Gasteiger partial charge in [-0.1, -0.05) is 0 Å². The van der Waals surface area contributed by atoms with E-state index in [9.17, 15) is 0 Å². The van der Waals surface area contributed by atoms with Crippen molar-refractivity contribution < 1.29 is 0 Å². The number of nitrogens with zero attached hydrogens (tertiary/aromatic N) is 1. The molecule has 3 aliphatic rings. The van der Waals surface area contributed by atoms with E-state index in [-0.39, 0.29) is 0 Å². The second kappa shape index (κ2) is 3.37. The van der Waals surface area contributed by atoms with E-state index in [1.165, 1.54) is 38.8 Å². The molecule has 2 heterocycles. The van der Waals surface area contributed by atoms with Gasteiger partial charge in [-0.05, 0) is 51.4 Å². The van der Waals surface area contributed by atoms with Gasteiger partial charge in [0.05, 0.1) is 0 Å². The molecule has 2 saturated heterocycles. The highest BCUT2D eigenvalue weighted by Crippen LogP contribution is 2.34. The molecule has 0 spiro atoms. The summed E-state index contributed by atoms with van der Waals surface area (Å²) < 4.78 is 0. The molecule has 0 unspecified atom stereocenters. The summed E-state index contributed by atoms with van der Waals surface area (Å²) in [4.78, 5) is 2.69. The predicted molar refractivity (Wildman–Crippen MR) is 52.2 cm³/mol. The predicted octanol–water partition coefficient (Wildman–Crippen LogP) is 2.52. The number of hydrogen-bond acceptors (Lipinski definition) is 1. The minimum absolute atomic E-state index is 0.770. The summed E-state index contributed by atoms with van der Waals surface area (Å²) in [5, 5.41) is 0. The van der Waals surface area contributed by atoms with E-state index >= 15 is 0 Å². The maximum absolute atomic E-state index is 2.69. The van der Waals surface area contributed by atoms with Gasteiger partial charge in [0.25, 0.3) is 0 Å². The highest BCUT2D eigenvalue weighted by Gasteiger charge is 2.29. The maximum Gasteiger partial charge on any atom is 0.00388 e. The van der Waals surface area contributed by atoms with Gasteiger partial charge in [-0.15, -0.1) is 0 Å². The third kappa shape index (κ3) is 1.66. The van der Waals surface area contributed by atoms with Gasteiger partial charge < -0.3 is 4.90 Å². The zero-order valence-electron chi connectivity index (χ0n) is 8.42. The van der Waals surface area contributed by atoms with Crippen LogP contribution in [0.1, 0.15) is 39.5 Å². The Bertz CT molecular complexity index is 131. The molecule has 3 rings (SSSR count). The standard InChI is InChI=1S/C11H21N/c1-9(2)12-7-10-3-4-11(8-12)6-5-10/h9-11H,3-8H2,1-2H3. The molecule has 2 bridgehead atoms. The van der Waals surface area contributed by atoms with E-state index in [0.717, 1.165) is 17.9 Å². The van der Waals surface area contributed by atoms with Gasteiger partial charge in [0.1, 0.15) is 0 Å². The van der Waals surface area contributed by atoms with Crippen LogP contribution in [0.15, 0.2) is 0 Å². The monoisotopic (exact) mass is 167 g/mol. The van der Waals surface area contributed by atoms with Crippen molar-refractivity contribution in [2.45, 2.75) is 45.6 Å². The van der Waals surface area contributed by atoms with Crippen LogP contribution in [0.2, 0.25) is 0 Å². The van der Waals surface area contributed by atoms with Crippen molar-refractivity contribution in [3.63, 3.8) is 0 Å². The first kappa shape index (κ1) is 8.55. The van der Waals surface area contributed by atoms with Crippen molar-refractivity contribution >= 4 is 0 Å². The van der Waals surface area contributed by atoms with Crippen LogP contribution in [0.25, 0.3) is 0 Å². The highest BCUT2D eigenvalue weighted by atomic mass is 15.2. The lowest BCUT2D eigenvalue weighted by molar-refractivity contribution is 0.204. The van der Waals surface area contributed by atoms with Crippen molar-refractivity contribution in [2.75, 3.05) is 13.1 Å². The summed E-state index contributed by atoms with van der Waals surface area (Å²) in [6.07, 6.45) is 6.03. The fraction of sp³-hybridized carbons (Fsp3) is 1.00. The zero-order chi connectivity index (χ0) is 8.55. The van der Waals surface area contributed by atoms with E-state index in [2.05, 4.69) is 18.7 Å². The summed E-state index contributed by atoms with van der Waals surface area (Å²) in [6.45, 7) is 7.44. The SMILES string of the molecule is CC(C)N1CC2CCC(CC2)C1. The van der Waals surface area contributed by atoms with Crippen molar-refractivity contribution in [3.05, 3.63) is 0 Å². The highest BCUT2D eigenvalue weighted by molar-refractivity contribution is 4.83. The lowest BCUT2D eigenvalue weighted by Crippen LogP contribution is -2.34. The van der Waals surface area contributed by atoms with Crippen molar-refractivity contribution in [1.82, 2.24) is 4.90 Å². The van der Waals surface area contributed by atoms with Crippen LogP contribution in [0.4, 0.5) is 0 Å². The zero-order valence-corrected chi connectivity index (χ0v) is 8.42. The lowest BCUT2D eigenvalue weighted by atomic mass is 9.84. The Hall–Kier alpha value is -0.0400. The number of rotatable bonds is 1. The van der Waals surface area contributed by atoms with Crippen LogP contribution in [0, 0.1) is 11.8 Å². The van der Waals surface area contributed by atoms with Gasteiger partial charge in [0, 0.05) is 19.1 Å². The Morgan fingerprint density at radius 3 is 1.67 bits per heavy atom. The van der Waals surface area contributed by atoms with Crippen LogP contribution in [-0.4, -0.2) is 24.0 Å². The Morgan fingerprint density at radius 2 is 1.33 bits per heavy atom. The molecule has 0 aromatic carbocycles. The van der Waals surface area contributed by atoms with Crippen LogP contribution < -0.4 is 0 Å². The fourth-order valence-corrected chi connectivity index (χ4v) is 2.76. The third-order valence-corrected chi connectivity index (χ3v) is 3.68. The fourth-order valence-electron chi connectivity index (χ4n) is 2.76. The Morgan fingerprint density at radius 1 is 0.917 bits per heavy atom. The Balaban J connectivity index is 2.02. The average molecular weight is 167 g/mol. The van der Waals surface area contributed by atoms with E-state index < -0.39 is 0 Å². The first-order valence-corrected chi connectivity index (χ1v) is 5.49. The van der Waals surface area contributed by atoms with Crippen LogP contribution in [0.3, 0.4) is 0 Å². The molecule has 1 saturated carbocycles. The Kier molecular flexibility index (Phi) is 2.40. The molecular weight excluding hydrogens is 146 g/mol. The molecule has 1 aliphatic carbocycles. The molecular formula is C11H21N. The van der Waals surface area contributed by atoms with Crippen molar-refractivity contribution in [2.24, 2.45) is 11.8 Å².